The summed E-state index contributed by atoms with van der Waals surface area (Å²) in [6.07, 6.45) is 0. The van der Waals surface area contributed by atoms with E-state index in [1.165, 1.54) is 82.5 Å². The van der Waals surface area contributed by atoms with Gasteiger partial charge in [-0.1, -0.05) is 109 Å². The van der Waals surface area contributed by atoms with Gasteiger partial charge in [0.2, 0.25) is 0 Å². The highest BCUT2D eigenvalue weighted by molar-refractivity contribution is 6.26. The lowest BCUT2D eigenvalue weighted by molar-refractivity contribution is 1.10. The Morgan fingerprint density at radius 1 is 0.231 bits per heavy atom. The smallest absolute Gasteiger partial charge is 0.0790 e. The van der Waals surface area contributed by atoms with E-state index in [1.807, 2.05) is 0 Å². The van der Waals surface area contributed by atoms with E-state index in [1.54, 1.807) is 0 Å². The molecule has 4 nitrogen and oxygen atoms in total. The zero-order valence-corrected chi connectivity index (χ0v) is 28.1. The Morgan fingerprint density at radius 2 is 0.673 bits per heavy atom. The first kappa shape index (κ1) is 27.7. The van der Waals surface area contributed by atoms with Crippen LogP contribution in [0.3, 0.4) is 0 Å². The van der Waals surface area contributed by atoms with Crippen molar-refractivity contribution in [2.24, 2.45) is 0 Å². The van der Waals surface area contributed by atoms with E-state index in [0.29, 0.717) is 0 Å². The summed E-state index contributed by atoms with van der Waals surface area (Å²) in [5, 5.41) is 7.54. The molecule has 1 aliphatic rings. The van der Waals surface area contributed by atoms with Gasteiger partial charge in [-0.2, -0.15) is 0 Å². The predicted molar refractivity (Wildman–Crippen MR) is 218 cm³/mol. The number of nitrogens with zero attached hydrogens (tertiary/aromatic N) is 4. The van der Waals surface area contributed by atoms with E-state index in [9.17, 15) is 0 Å². The van der Waals surface area contributed by atoms with Gasteiger partial charge in [-0.25, -0.2) is 0 Å². The number of hydrogen-bond acceptors (Lipinski definition) is 1. The van der Waals surface area contributed by atoms with Crippen LogP contribution in [0.4, 0.5) is 17.1 Å². The summed E-state index contributed by atoms with van der Waals surface area (Å²) in [5.74, 6) is 0. The van der Waals surface area contributed by atoms with E-state index in [4.69, 9.17) is 0 Å². The first-order valence-electron chi connectivity index (χ1n) is 17.9. The van der Waals surface area contributed by atoms with Crippen molar-refractivity contribution < 1.29 is 0 Å². The summed E-state index contributed by atoms with van der Waals surface area (Å²) < 4.78 is 7.40. The standard InChI is InChI=1S/C48H30N4/c1-2-13-31(14-3-1)50-43-22-10-11-23-44(43)52-46-37(18-12-24-45(46)50)39-30-29-38-36-17-6-9-21-42(36)51(47(38)48(39)52)33-27-25-32(26-28-33)49-40-19-7-4-15-34(40)35-16-5-8-20-41(35)49/h1-30H. The van der Waals surface area contributed by atoms with Gasteiger partial charge in [0.25, 0.3) is 0 Å². The first-order chi connectivity index (χ1) is 25.8. The van der Waals surface area contributed by atoms with Crippen LogP contribution in [0.25, 0.3) is 82.5 Å². The van der Waals surface area contributed by atoms with Crippen LogP contribution < -0.4 is 4.90 Å². The molecule has 0 N–H and O–H groups in total. The molecular weight excluding hydrogens is 633 g/mol. The molecule has 11 aromatic rings. The Balaban J connectivity index is 1.17. The fraction of sp³-hybridized carbons (Fsp3) is 0. The largest absolute Gasteiger partial charge is 0.309 e. The van der Waals surface area contributed by atoms with E-state index < -0.39 is 0 Å². The number of rotatable bonds is 3. The van der Waals surface area contributed by atoms with Gasteiger partial charge in [0.1, 0.15) is 0 Å². The zero-order chi connectivity index (χ0) is 33.9. The predicted octanol–water partition coefficient (Wildman–Crippen LogP) is 12.8. The van der Waals surface area contributed by atoms with Gasteiger partial charge in [-0.05, 0) is 72.8 Å². The van der Waals surface area contributed by atoms with Crippen molar-refractivity contribution in [1.29, 1.82) is 0 Å². The molecule has 0 atom stereocenters. The second-order valence-electron chi connectivity index (χ2n) is 13.8. The van der Waals surface area contributed by atoms with Crippen molar-refractivity contribution in [3.8, 4) is 17.1 Å². The van der Waals surface area contributed by atoms with E-state index in [2.05, 4.69) is 201 Å². The third-order valence-electron chi connectivity index (χ3n) is 11.1. The van der Waals surface area contributed by atoms with Crippen LogP contribution in [0, 0.1) is 0 Å². The molecule has 242 valence electrons. The average molecular weight is 663 g/mol. The maximum Gasteiger partial charge on any atom is 0.0790 e. The fourth-order valence-corrected chi connectivity index (χ4v) is 9.05. The zero-order valence-electron chi connectivity index (χ0n) is 28.1. The SMILES string of the molecule is c1ccc(N2c3ccccc3-n3c4c2cccc4c2ccc4c5ccccc5n(-c5ccc(-n6c7ccccc7c7ccccc76)cc5)c4c23)cc1. The molecule has 0 aliphatic carbocycles. The highest BCUT2D eigenvalue weighted by Gasteiger charge is 2.30. The van der Waals surface area contributed by atoms with Crippen LogP contribution in [0.1, 0.15) is 0 Å². The Hall–Kier alpha value is -7.04. The van der Waals surface area contributed by atoms with Gasteiger partial charge in [-0.15, -0.1) is 0 Å². The lowest BCUT2D eigenvalue weighted by Crippen LogP contribution is -2.18. The molecule has 0 saturated carbocycles. The van der Waals surface area contributed by atoms with Gasteiger partial charge in [-0.3, -0.25) is 0 Å². The summed E-state index contributed by atoms with van der Waals surface area (Å²) >= 11 is 0. The molecule has 0 unspecified atom stereocenters. The molecule has 12 rings (SSSR count). The minimum Gasteiger partial charge on any atom is -0.309 e. The van der Waals surface area contributed by atoms with Crippen LogP contribution in [0.5, 0.6) is 0 Å². The lowest BCUT2D eigenvalue weighted by atomic mass is 10.1. The summed E-state index contributed by atoms with van der Waals surface area (Å²) in [7, 11) is 0. The molecule has 0 amide bonds. The Kier molecular flexibility index (Phi) is 5.47. The van der Waals surface area contributed by atoms with Crippen LogP contribution in [0.2, 0.25) is 0 Å². The van der Waals surface area contributed by atoms with Gasteiger partial charge in [0.15, 0.2) is 0 Å². The lowest BCUT2D eigenvalue weighted by Gasteiger charge is -2.33. The van der Waals surface area contributed by atoms with Crippen molar-refractivity contribution >= 4 is 82.5 Å². The number of fused-ring (bicyclic) bond motifs is 12. The molecule has 0 bridgehead atoms. The molecule has 4 heterocycles. The molecule has 8 aromatic carbocycles. The number of para-hydroxylation sites is 7. The van der Waals surface area contributed by atoms with Gasteiger partial charge < -0.3 is 18.6 Å². The summed E-state index contributed by atoms with van der Waals surface area (Å²) in [5.41, 5.74) is 14.3. The van der Waals surface area contributed by atoms with Crippen molar-refractivity contribution in [3.05, 3.63) is 182 Å². The molecule has 52 heavy (non-hydrogen) atoms. The van der Waals surface area contributed by atoms with Crippen LogP contribution >= 0.6 is 0 Å². The van der Waals surface area contributed by atoms with Gasteiger partial charge in [0, 0.05) is 49.4 Å². The van der Waals surface area contributed by atoms with Gasteiger partial charge >= 0.3 is 0 Å². The summed E-state index contributed by atoms with van der Waals surface area (Å²) in [4.78, 5) is 2.41. The molecule has 0 radical (unpaired) electrons. The first-order valence-corrected chi connectivity index (χ1v) is 17.9. The molecule has 0 saturated heterocycles. The van der Waals surface area contributed by atoms with Crippen molar-refractivity contribution in [2.45, 2.75) is 0 Å². The maximum absolute atomic E-state index is 2.53. The summed E-state index contributed by atoms with van der Waals surface area (Å²) in [6, 6.07) is 66.4. The molecule has 0 spiro atoms. The monoisotopic (exact) mass is 662 g/mol. The molecule has 3 aromatic heterocycles. The van der Waals surface area contributed by atoms with Crippen molar-refractivity contribution in [1.82, 2.24) is 13.7 Å². The van der Waals surface area contributed by atoms with Gasteiger partial charge in [0.05, 0.1) is 50.2 Å². The minimum absolute atomic E-state index is 1.14. The Bertz CT molecular complexity index is 3180. The number of aromatic nitrogens is 3. The summed E-state index contributed by atoms with van der Waals surface area (Å²) in [6.45, 7) is 0. The van der Waals surface area contributed by atoms with Crippen molar-refractivity contribution in [3.63, 3.8) is 0 Å². The third-order valence-corrected chi connectivity index (χ3v) is 11.1. The highest BCUT2D eigenvalue weighted by atomic mass is 15.2. The van der Waals surface area contributed by atoms with Crippen LogP contribution in [-0.4, -0.2) is 13.7 Å². The Labute approximate surface area is 299 Å². The normalized spacial score (nSPS) is 12.6. The fourth-order valence-electron chi connectivity index (χ4n) is 9.05. The highest BCUT2D eigenvalue weighted by Crippen LogP contribution is 2.51. The quantitative estimate of drug-likeness (QED) is 0.184. The van der Waals surface area contributed by atoms with E-state index in [-0.39, 0.29) is 0 Å². The number of anilines is 3. The van der Waals surface area contributed by atoms with Crippen LogP contribution in [-0.2, 0) is 0 Å². The second kappa shape index (κ2) is 10.3. The third kappa shape index (κ3) is 3.55. The Morgan fingerprint density at radius 3 is 1.35 bits per heavy atom. The maximum atomic E-state index is 2.53. The molecule has 0 fully saturated rings. The topological polar surface area (TPSA) is 18.0 Å². The van der Waals surface area contributed by atoms with E-state index in [0.717, 1.165) is 17.1 Å². The molecule has 1 aliphatic heterocycles. The van der Waals surface area contributed by atoms with Crippen LogP contribution in [0.15, 0.2) is 182 Å². The van der Waals surface area contributed by atoms with E-state index >= 15 is 0 Å². The second-order valence-corrected chi connectivity index (χ2v) is 13.8. The number of benzene rings is 8. The molecular formula is C48H30N4. The minimum atomic E-state index is 1.14. The molecule has 4 heteroatoms. The average Bonchev–Trinajstić information content (AvgIpc) is 3.85. The van der Waals surface area contributed by atoms with Crippen molar-refractivity contribution in [2.75, 3.05) is 4.90 Å². The number of hydrogen-bond donors (Lipinski definition) is 0.